The maximum atomic E-state index is 12.9. The number of phosphoric ester groups is 1. The van der Waals surface area contributed by atoms with Crippen LogP contribution in [0.2, 0.25) is 0 Å². The van der Waals surface area contributed by atoms with Gasteiger partial charge in [0.25, 0.3) is 0 Å². The van der Waals surface area contributed by atoms with Gasteiger partial charge in [0, 0.05) is 6.42 Å². The van der Waals surface area contributed by atoms with Gasteiger partial charge in [-0.1, -0.05) is 213 Å². The fourth-order valence-corrected chi connectivity index (χ4v) is 7.84. The monoisotopic (exact) mass is 790 g/mol. The Morgan fingerprint density at radius 2 is 0.889 bits per heavy atom. The number of nitrogens with one attached hydrogen (secondary N) is 1. The molecular weight excluding hydrogens is 695 g/mol. The second-order valence-electron chi connectivity index (χ2n) is 17.5. The highest BCUT2D eigenvalue weighted by Gasteiger charge is 2.28. The molecule has 8 nitrogen and oxygen atoms in total. The van der Waals surface area contributed by atoms with Gasteiger partial charge in [0.05, 0.1) is 39.9 Å². The molecule has 324 valence electrons. The molecule has 0 rings (SSSR count). The SMILES string of the molecule is CCCCCCCCCCCCCCCCCCCCCC(=O)N[C@@H](COP(=O)(O)OCC[N+](C)(C)C)[C@H](O)CCCCCCCCCCCCCCC. The molecule has 0 radical (unpaired) electrons. The summed E-state index contributed by atoms with van der Waals surface area (Å²) < 4.78 is 23.6. The number of hydrogen-bond acceptors (Lipinski definition) is 5. The molecule has 0 spiro atoms. The van der Waals surface area contributed by atoms with E-state index >= 15 is 0 Å². The molecule has 0 saturated heterocycles. The predicted octanol–water partition coefficient (Wildman–Crippen LogP) is 13.0. The van der Waals surface area contributed by atoms with Crippen molar-refractivity contribution in [1.29, 1.82) is 0 Å². The highest BCUT2D eigenvalue weighted by atomic mass is 31.2. The number of hydrogen-bond donors (Lipinski definition) is 3. The molecule has 0 fully saturated rings. The summed E-state index contributed by atoms with van der Waals surface area (Å²) >= 11 is 0. The number of carbonyl (C=O) groups excluding carboxylic acids is 1. The molecular formula is C45H94N2O6P+. The van der Waals surface area contributed by atoms with E-state index in [1.807, 2.05) is 21.1 Å². The molecule has 3 N–H and O–H groups in total. The van der Waals surface area contributed by atoms with Crippen molar-refractivity contribution in [3.05, 3.63) is 0 Å². The number of amides is 1. The zero-order valence-electron chi connectivity index (χ0n) is 36.7. The van der Waals surface area contributed by atoms with Crippen LogP contribution in [-0.2, 0) is 18.4 Å². The largest absolute Gasteiger partial charge is 0.472 e. The Hall–Kier alpha value is -0.500. The number of phosphoric acid groups is 1. The van der Waals surface area contributed by atoms with Crippen molar-refractivity contribution in [3.8, 4) is 0 Å². The maximum Gasteiger partial charge on any atom is 0.472 e. The van der Waals surface area contributed by atoms with Gasteiger partial charge in [0.1, 0.15) is 13.2 Å². The van der Waals surface area contributed by atoms with Crippen LogP contribution in [0.15, 0.2) is 0 Å². The highest BCUT2D eigenvalue weighted by Crippen LogP contribution is 2.43. The number of likely N-dealkylation sites (N-methyl/N-ethyl adjacent to an activating group) is 1. The number of aliphatic hydroxyl groups excluding tert-OH is 1. The molecule has 0 saturated carbocycles. The van der Waals surface area contributed by atoms with Crippen LogP contribution in [0.3, 0.4) is 0 Å². The molecule has 0 heterocycles. The van der Waals surface area contributed by atoms with E-state index in [1.54, 1.807) is 0 Å². The first-order valence-corrected chi connectivity index (χ1v) is 24.9. The Bertz CT molecular complexity index is 855. The Labute approximate surface area is 336 Å². The summed E-state index contributed by atoms with van der Waals surface area (Å²) in [6.45, 7) is 4.91. The quantitative estimate of drug-likeness (QED) is 0.0323. The highest BCUT2D eigenvalue weighted by molar-refractivity contribution is 7.47. The maximum absolute atomic E-state index is 12.9. The van der Waals surface area contributed by atoms with E-state index in [9.17, 15) is 19.4 Å². The zero-order chi connectivity index (χ0) is 40.0. The number of rotatable bonds is 43. The molecule has 0 bridgehead atoms. The third-order valence-electron chi connectivity index (χ3n) is 10.9. The van der Waals surface area contributed by atoms with Gasteiger partial charge in [0.15, 0.2) is 0 Å². The van der Waals surface area contributed by atoms with Gasteiger partial charge < -0.3 is 19.8 Å². The Kier molecular flexibility index (Phi) is 37.7. The van der Waals surface area contributed by atoms with Gasteiger partial charge >= 0.3 is 7.82 Å². The Morgan fingerprint density at radius 3 is 1.24 bits per heavy atom. The molecule has 0 aliphatic heterocycles. The van der Waals surface area contributed by atoms with Crippen molar-refractivity contribution in [3.63, 3.8) is 0 Å². The first-order chi connectivity index (χ1) is 26.0. The van der Waals surface area contributed by atoms with Crippen LogP contribution in [0.5, 0.6) is 0 Å². The van der Waals surface area contributed by atoms with E-state index in [2.05, 4.69) is 19.2 Å². The second kappa shape index (κ2) is 38.0. The number of aliphatic hydroxyl groups is 1. The lowest BCUT2D eigenvalue weighted by atomic mass is 10.0. The summed E-state index contributed by atoms with van der Waals surface area (Å²) in [5.74, 6) is -0.140. The normalized spacial score (nSPS) is 14.3. The summed E-state index contributed by atoms with van der Waals surface area (Å²) in [5.41, 5.74) is 0. The van der Waals surface area contributed by atoms with E-state index in [1.165, 1.54) is 167 Å². The van der Waals surface area contributed by atoms with Gasteiger partial charge in [-0.05, 0) is 12.8 Å². The summed E-state index contributed by atoms with van der Waals surface area (Å²) in [4.78, 5) is 23.2. The molecule has 9 heteroatoms. The second-order valence-corrected chi connectivity index (χ2v) is 19.0. The Balaban J connectivity index is 4.26. The van der Waals surface area contributed by atoms with E-state index < -0.39 is 20.0 Å². The molecule has 1 unspecified atom stereocenters. The fourth-order valence-electron chi connectivity index (χ4n) is 7.11. The fraction of sp³-hybridized carbons (Fsp3) is 0.978. The van der Waals surface area contributed by atoms with Crippen LogP contribution in [0.4, 0.5) is 0 Å². The van der Waals surface area contributed by atoms with Gasteiger partial charge in [-0.15, -0.1) is 0 Å². The van der Waals surface area contributed by atoms with Crippen molar-refractivity contribution in [2.75, 3.05) is 40.9 Å². The minimum absolute atomic E-state index is 0.0786. The van der Waals surface area contributed by atoms with Crippen molar-refractivity contribution < 1.29 is 32.9 Å². The minimum Gasteiger partial charge on any atom is -0.391 e. The molecule has 0 aliphatic rings. The van der Waals surface area contributed by atoms with E-state index in [0.29, 0.717) is 23.9 Å². The number of unbranched alkanes of at least 4 members (excludes halogenated alkanes) is 30. The van der Waals surface area contributed by atoms with E-state index in [4.69, 9.17) is 9.05 Å². The predicted molar refractivity (Wildman–Crippen MR) is 231 cm³/mol. The van der Waals surface area contributed by atoms with Crippen molar-refractivity contribution >= 4 is 13.7 Å². The van der Waals surface area contributed by atoms with Crippen LogP contribution in [0.25, 0.3) is 0 Å². The van der Waals surface area contributed by atoms with Crippen molar-refractivity contribution in [2.45, 2.75) is 244 Å². The first-order valence-electron chi connectivity index (χ1n) is 23.4. The van der Waals surface area contributed by atoms with Gasteiger partial charge in [-0.2, -0.15) is 0 Å². The lowest BCUT2D eigenvalue weighted by molar-refractivity contribution is -0.870. The summed E-state index contributed by atoms with van der Waals surface area (Å²) in [6, 6.07) is -0.752. The Morgan fingerprint density at radius 1 is 0.556 bits per heavy atom. The number of carbonyl (C=O) groups is 1. The average molecular weight is 790 g/mol. The third-order valence-corrected chi connectivity index (χ3v) is 11.8. The lowest BCUT2D eigenvalue weighted by Gasteiger charge is -2.26. The average Bonchev–Trinajstić information content (AvgIpc) is 3.12. The zero-order valence-corrected chi connectivity index (χ0v) is 37.6. The van der Waals surface area contributed by atoms with Gasteiger partial charge in [0.2, 0.25) is 5.91 Å². The van der Waals surface area contributed by atoms with Crippen molar-refractivity contribution in [1.82, 2.24) is 5.32 Å². The topological polar surface area (TPSA) is 105 Å². The van der Waals surface area contributed by atoms with Crippen molar-refractivity contribution in [2.24, 2.45) is 0 Å². The smallest absolute Gasteiger partial charge is 0.391 e. The summed E-state index contributed by atoms with van der Waals surface area (Å²) in [6.07, 6.45) is 41.2. The minimum atomic E-state index is -4.31. The molecule has 0 aromatic heterocycles. The molecule has 1 amide bonds. The van der Waals surface area contributed by atoms with Gasteiger partial charge in [-0.25, -0.2) is 4.57 Å². The molecule has 0 aromatic carbocycles. The molecule has 0 aliphatic carbocycles. The summed E-state index contributed by atoms with van der Waals surface area (Å²) in [7, 11) is 1.63. The molecule has 54 heavy (non-hydrogen) atoms. The summed E-state index contributed by atoms with van der Waals surface area (Å²) in [5, 5.41) is 14.0. The standard InChI is InChI=1S/C45H93N2O6P/c1-6-8-10-12-14-16-18-20-21-22-23-24-25-27-29-31-33-35-37-39-45(49)46-43(42-53-54(50,51)52-41-40-47(3,4)5)44(48)38-36-34-32-30-28-26-19-17-15-13-11-9-7-2/h43-44,48H,6-42H2,1-5H3,(H-,46,49,50,51)/p+1/t43-,44+/m0/s1. The lowest BCUT2D eigenvalue weighted by Crippen LogP contribution is -2.46. The molecule has 0 aromatic rings. The van der Waals surface area contributed by atoms with Crippen LogP contribution in [0, 0.1) is 0 Å². The van der Waals surface area contributed by atoms with Crippen LogP contribution in [0.1, 0.15) is 232 Å². The van der Waals surface area contributed by atoms with Crippen LogP contribution >= 0.6 is 7.82 Å². The van der Waals surface area contributed by atoms with E-state index in [0.717, 1.165) is 38.5 Å². The first kappa shape index (κ1) is 53.5. The van der Waals surface area contributed by atoms with E-state index in [-0.39, 0.29) is 19.1 Å². The molecule has 3 atom stereocenters. The van der Waals surface area contributed by atoms with Crippen LogP contribution in [-0.4, -0.2) is 73.4 Å². The van der Waals surface area contributed by atoms with Gasteiger partial charge in [-0.3, -0.25) is 13.8 Å². The van der Waals surface area contributed by atoms with Crippen LogP contribution < -0.4 is 5.32 Å². The third kappa shape index (κ3) is 39.7. The number of quaternary nitrogens is 1. The number of nitrogens with zero attached hydrogens (tertiary/aromatic N) is 1.